The average molecular weight is 427 g/mol. The lowest BCUT2D eigenvalue weighted by molar-refractivity contribution is -0.117. The molecule has 4 rings (SSSR count). The second-order valence-electron chi connectivity index (χ2n) is 6.98. The molecule has 3 heterocycles. The number of allylic oxidation sites excluding steroid dienone is 2. The number of rotatable bonds is 6. The Morgan fingerprint density at radius 1 is 1.23 bits per heavy atom. The van der Waals surface area contributed by atoms with E-state index in [-0.39, 0.29) is 29.6 Å². The third-order valence-corrected chi connectivity index (χ3v) is 5.94. The Kier molecular flexibility index (Phi) is 5.40. The summed E-state index contributed by atoms with van der Waals surface area (Å²) < 4.78 is 29.1. The molecule has 1 amide bonds. The smallest absolute Gasteiger partial charge is 0.256 e. The molecule has 0 spiro atoms. The molecule has 9 nitrogen and oxygen atoms in total. The number of amidine groups is 1. The zero-order chi connectivity index (χ0) is 21.1. The molecule has 0 bridgehead atoms. The van der Waals surface area contributed by atoms with Crippen LogP contribution in [0.25, 0.3) is 5.69 Å². The van der Waals surface area contributed by atoms with Crippen molar-refractivity contribution in [3.63, 3.8) is 0 Å². The number of fused-ring (bicyclic) bond motifs is 1. The Balaban J connectivity index is 1.34. The van der Waals surface area contributed by atoms with Gasteiger partial charge in [0.25, 0.3) is 15.9 Å². The van der Waals surface area contributed by atoms with E-state index in [2.05, 4.69) is 14.8 Å². The van der Waals surface area contributed by atoms with Gasteiger partial charge in [0.05, 0.1) is 22.7 Å². The number of hydrogen-bond acceptors (Lipinski definition) is 6. The monoisotopic (exact) mass is 426 g/mol. The maximum absolute atomic E-state index is 12.6. The van der Waals surface area contributed by atoms with Crippen LogP contribution in [0, 0.1) is 0 Å². The molecule has 2 aliphatic rings. The van der Waals surface area contributed by atoms with Crippen LogP contribution in [0.2, 0.25) is 0 Å². The van der Waals surface area contributed by atoms with E-state index >= 15 is 0 Å². The number of nitrogens with zero attached hydrogens (tertiary/aromatic N) is 4. The van der Waals surface area contributed by atoms with Crippen molar-refractivity contribution in [2.45, 2.75) is 12.8 Å². The zero-order valence-corrected chi connectivity index (χ0v) is 17.0. The molecule has 0 unspecified atom stereocenters. The van der Waals surface area contributed by atoms with Crippen LogP contribution in [-0.2, 0) is 21.2 Å². The Morgan fingerprint density at radius 3 is 2.83 bits per heavy atom. The topological polar surface area (TPSA) is 123 Å². The largest absolute Gasteiger partial charge is 0.384 e. The molecule has 0 fully saturated rings. The Hall–Kier alpha value is -3.40. The molecule has 1 aromatic carbocycles. The van der Waals surface area contributed by atoms with Crippen molar-refractivity contribution in [1.29, 1.82) is 0 Å². The van der Waals surface area contributed by atoms with Crippen LogP contribution in [0.15, 0.2) is 64.7 Å². The van der Waals surface area contributed by atoms with Crippen LogP contribution >= 0.6 is 0 Å². The molecule has 2 aliphatic heterocycles. The first-order valence-electron chi connectivity index (χ1n) is 9.59. The summed E-state index contributed by atoms with van der Waals surface area (Å²) in [4.78, 5) is 14.2. The highest BCUT2D eigenvalue weighted by Crippen LogP contribution is 2.18. The fourth-order valence-electron chi connectivity index (χ4n) is 3.31. The molecule has 0 aliphatic carbocycles. The maximum Gasteiger partial charge on any atom is 0.256 e. The van der Waals surface area contributed by atoms with Crippen molar-refractivity contribution < 1.29 is 13.2 Å². The van der Waals surface area contributed by atoms with E-state index in [0.717, 1.165) is 11.4 Å². The molecule has 156 valence electrons. The quantitative estimate of drug-likeness (QED) is 0.665. The number of carbonyl (C=O) groups is 1. The number of amides is 1. The predicted octanol–water partition coefficient (Wildman–Crippen LogP) is 1.00. The van der Waals surface area contributed by atoms with Gasteiger partial charge < -0.3 is 16.0 Å². The summed E-state index contributed by atoms with van der Waals surface area (Å²) in [7, 11) is -3.54. The summed E-state index contributed by atoms with van der Waals surface area (Å²) in [5.74, 6) is 0.315. The van der Waals surface area contributed by atoms with Gasteiger partial charge in [0, 0.05) is 25.4 Å². The fraction of sp³-hybridized carbons (Fsp3) is 0.250. The van der Waals surface area contributed by atoms with Crippen LogP contribution < -0.4 is 11.1 Å². The number of nitrogen functional groups attached to an aromatic ring is 1. The van der Waals surface area contributed by atoms with E-state index in [1.807, 2.05) is 36.4 Å². The third-order valence-electron chi connectivity index (χ3n) is 4.79. The van der Waals surface area contributed by atoms with E-state index in [9.17, 15) is 13.2 Å². The Bertz CT molecular complexity index is 1150. The SMILES string of the molecule is Nc1cc(CCCNC(=O)C2=CC=CN3CCS(=O)(=O)N=C23)nn1-c1ccccc1. The minimum absolute atomic E-state index is 0.0610. The first-order chi connectivity index (χ1) is 14.4. The average Bonchev–Trinajstić information content (AvgIpc) is 3.11. The van der Waals surface area contributed by atoms with Crippen molar-refractivity contribution in [2.75, 3.05) is 24.6 Å². The molecular weight excluding hydrogens is 404 g/mol. The maximum atomic E-state index is 12.6. The van der Waals surface area contributed by atoms with Crippen molar-refractivity contribution in [3.8, 4) is 5.69 Å². The van der Waals surface area contributed by atoms with Gasteiger partial charge in [-0.3, -0.25) is 4.79 Å². The van der Waals surface area contributed by atoms with Crippen LogP contribution in [-0.4, -0.2) is 53.7 Å². The number of sulfonamides is 1. The minimum atomic E-state index is -3.54. The third kappa shape index (κ3) is 4.28. The van der Waals surface area contributed by atoms with Gasteiger partial charge in [0.1, 0.15) is 5.82 Å². The second kappa shape index (κ2) is 8.15. The molecule has 0 saturated carbocycles. The predicted molar refractivity (Wildman–Crippen MR) is 114 cm³/mol. The number of nitrogens with one attached hydrogen (secondary N) is 1. The summed E-state index contributed by atoms with van der Waals surface area (Å²) in [5.41, 5.74) is 8.03. The molecule has 0 radical (unpaired) electrons. The number of anilines is 1. The van der Waals surface area contributed by atoms with Gasteiger partial charge in [-0.25, -0.2) is 13.1 Å². The number of aryl methyl sites for hydroxylation is 1. The van der Waals surface area contributed by atoms with E-state index in [0.29, 0.717) is 25.2 Å². The number of benzene rings is 1. The van der Waals surface area contributed by atoms with Crippen molar-refractivity contribution in [2.24, 2.45) is 4.40 Å². The van der Waals surface area contributed by atoms with Gasteiger partial charge in [-0.1, -0.05) is 18.2 Å². The van der Waals surface area contributed by atoms with Crippen LogP contribution in [0.5, 0.6) is 0 Å². The lowest BCUT2D eigenvalue weighted by Gasteiger charge is -2.28. The highest BCUT2D eigenvalue weighted by atomic mass is 32.2. The number of hydrogen-bond donors (Lipinski definition) is 2. The standard InChI is InChI=1S/C20H22N6O3S/c21-18-14-15(23-26(18)16-7-2-1-3-8-16)6-4-10-22-20(27)17-9-5-11-25-12-13-30(28,29)24-19(17)25/h1-3,5,7-9,11,14H,4,6,10,12-13,21H2,(H,22,27). The summed E-state index contributed by atoms with van der Waals surface area (Å²) >= 11 is 0. The summed E-state index contributed by atoms with van der Waals surface area (Å²) in [6.45, 7) is 0.700. The molecule has 0 atom stereocenters. The minimum Gasteiger partial charge on any atom is -0.384 e. The molecule has 0 saturated heterocycles. The highest BCUT2D eigenvalue weighted by Gasteiger charge is 2.29. The molecular formula is C20H22N6O3S. The van der Waals surface area contributed by atoms with Gasteiger partial charge >= 0.3 is 0 Å². The lowest BCUT2D eigenvalue weighted by atomic mass is 10.1. The normalized spacial score (nSPS) is 17.1. The van der Waals surface area contributed by atoms with Crippen molar-refractivity contribution in [1.82, 2.24) is 20.0 Å². The van der Waals surface area contributed by atoms with Crippen molar-refractivity contribution >= 4 is 27.6 Å². The Labute approximate surface area is 174 Å². The van der Waals surface area contributed by atoms with E-state index in [1.165, 1.54) is 0 Å². The highest BCUT2D eigenvalue weighted by molar-refractivity contribution is 7.90. The summed E-state index contributed by atoms with van der Waals surface area (Å²) in [5, 5.41) is 7.35. The molecule has 1 aromatic heterocycles. The molecule has 2 aromatic rings. The first kappa shape index (κ1) is 19.9. The van der Waals surface area contributed by atoms with Crippen molar-refractivity contribution in [3.05, 3.63) is 66.0 Å². The van der Waals surface area contributed by atoms with Gasteiger partial charge in [-0.05, 0) is 37.1 Å². The number of para-hydroxylation sites is 1. The zero-order valence-electron chi connectivity index (χ0n) is 16.2. The molecule has 30 heavy (non-hydrogen) atoms. The number of carbonyl (C=O) groups excluding carboxylic acids is 1. The molecule has 10 heteroatoms. The van der Waals surface area contributed by atoms with Crippen LogP contribution in [0.1, 0.15) is 12.1 Å². The summed E-state index contributed by atoms with van der Waals surface area (Å²) in [6, 6.07) is 11.4. The molecule has 3 N–H and O–H groups in total. The lowest BCUT2D eigenvalue weighted by Crippen LogP contribution is -2.42. The van der Waals surface area contributed by atoms with Gasteiger partial charge in [-0.15, -0.1) is 4.40 Å². The van der Waals surface area contributed by atoms with Gasteiger partial charge in [0.15, 0.2) is 5.84 Å². The van der Waals surface area contributed by atoms with Crippen LogP contribution in [0.4, 0.5) is 5.82 Å². The van der Waals surface area contributed by atoms with E-state index in [1.54, 1.807) is 27.9 Å². The summed E-state index contributed by atoms with van der Waals surface area (Å²) in [6.07, 6.45) is 6.32. The van der Waals surface area contributed by atoms with Crippen LogP contribution in [0.3, 0.4) is 0 Å². The van der Waals surface area contributed by atoms with Gasteiger partial charge in [0.2, 0.25) is 0 Å². The van der Waals surface area contributed by atoms with Gasteiger partial charge in [-0.2, -0.15) is 5.10 Å². The van der Waals surface area contributed by atoms with E-state index < -0.39 is 10.0 Å². The second-order valence-corrected chi connectivity index (χ2v) is 8.74. The number of nitrogens with two attached hydrogens (primary N) is 1. The Morgan fingerprint density at radius 2 is 2.03 bits per heavy atom. The first-order valence-corrected chi connectivity index (χ1v) is 11.2. The van der Waals surface area contributed by atoms with E-state index in [4.69, 9.17) is 5.73 Å². The fourth-order valence-corrected chi connectivity index (χ4v) is 4.29. The number of aromatic nitrogens is 2.